The van der Waals surface area contributed by atoms with Crippen LogP contribution in [0.2, 0.25) is 0 Å². The summed E-state index contributed by atoms with van der Waals surface area (Å²) in [6.07, 6.45) is 1.76. The molecule has 0 saturated carbocycles. The van der Waals surface area contributed by atoms with E-state index in [1.54, 1.807) is 18.4 Å². The highest BCUT2D eigenvalue weighted by molar-refractivity contribution is 7.13. The molecule has 1 amide bonds. The van der Waals surface area contributed by atoms with Crippen molar-refractivity contribution in [1.29, 1.82) is 0 Å². The Morgan fingerprint density at radius 3 is 2.71 bits per heavy atom. The number of likely N-dealkylation sites (tertiary alicyclic amines) is 1. The van der Waals surface area contributed by atoms with E-state index < -0.39 is 0 Å². The first kappa shape index (κ1) is 16.7. The molecule has 0 radical (unpaired) electrons. The van der Waals surface area contributed by atoms with Crippen LogP contribution in [0.25, 0.3) is 0 Å². The van der Waals surface area contributed by atoms with Crippen molar-refractivity contribution in [2.45, 2.75) is 19.4 Å². The maximum absolute atomic E-state index is 11.2. The second kappa shape index (κ2) is 7.63. The van der Waals surface area contributed by atoms with Crippen molar-refractivity contribution in [3.8, 4) is 5.75 Å². The van der Waals surface area contributed by atoms with Gasteiger partial charge < -0.3 is 20.7 Å². The predicted octanol–water partition coefficient (Wildman–Crippen LogP) is 1.18. The first-order valence-electron chi connectivity index (χ1n) is 8.12. The molecule has 4 N–H and O–H groups in total. The van der Waals surface area contributed by atoms with E-state index in [4.69, 9.17) is 10.5 Å². The van der Waals surface area contributed by atoms with E-state index in [9.17, 15) is 4.79 Å². The lowest BCUT2D eigenvalue weighted by atomic mass is 9.96. The van der Waals surface area contributed by atoms with E-state index in [1.165, 1.54) is 4.90 Å². The number of hydrogen-bond acceptors (Lipinski definition) is 5. The molecule has 1 fully saturated rings. The molecule has 2 aromatic rings. The SMILES string of the molecule is COc1ccc(Nc2nc(C[NH+]3CCC(C(N)=O)CC3)cs2)cc1. The number of anilines is 2. The number of nitrogens with zero attached hydrogens (tertiary/aromatic N) is 1. The second-order valence-corrected chi connectivity index (χ2v) is 6.96. The number of carbonyl (C=O) groups is 1. The van der Waals surface area contributed by atoms with Crippen LogP contribution in [0.15, 0.2) is 29.6 Å². The van der Waals surface area contributed by atoms with Gasteiger partial charge in [-0.25, -0.2) is 4.98 Å². The molecule has 1 aromatic heterocycles. The van der Waals surface area contributed by atoms with E-state index in [2.05, 4.69) is 15.7 Å². The summed E-state index contributed by atoms with van der Waals surface area (Å²) in [5.41, 5.74) is 7.46. The van der Waals surface area contributed by atoms with E-state index in [-0.39, 0.29) is 11.8 Å². The fourth-order valence-corrected chi connectivity index (χ4v) is 3.72. The zero-order chi connectivity index (χ0) is 16.9. The Morgan fingerprint density at radius 1 is 1.38 bits per heavy atom. The minimum absolute atomic E-state index is 0.0523. The molecule has 0 atom stereocenters. The number of rotatable bonds is 6. The van der Waals surface area contributed by atoms with E-state index in [0.717, 1.165) is 54.7 Å². The van der Waals surface area contributed by atoms with Crippen LogP contribution in [0.1, 0.15) is 18.5 Å². The normalized spacial score (nSPS) is 20.5. The monoisotopic (exact) mass is 347 g/mol. The summed E-state index contributed by atoms with van der Waals surface area (Å²) in [6.45, 7) is 2.85. The van der Waals surface area contributed by atoms with Crippen molar-refractivity contribution >= 4 is 28.1 Å². The number of aromatic nitrogens is 1. The molecular weight excluding hydrogens is 324 g/mol. The standard InChI is InChI=1S/C17H22N4O2S/c1-23-15-4-2-13(3-5-15)19-17-20-14(11-24-17)10-21-8-6-12(7-9-21)16(18)22/h2-5,11-12H,6-10H2,1H3,(H2,18,22)(H,19,20)/p+1. The number of quaternary nitrogens is 1. The average Bonchev–Trinajstić information content (AvgIpc) is 3.03. The molecule has 3 rings (SSSR count). The number of benzene rings is 1. The Bertz CT molecular complexity index is 678. The second-order valence-electron chi connectivity index (χ2n) is 6.10. The number of primary amides is 1. The molecule has 6 nitrogen and oxygen atoms in total. The molecule has 0 bridgehead atoms. The third kappa shape index (κ3) is 4.24. The lowest BCUT2D eigenvalue weighted by Gasteiger charge is -2.27. The van der Waals surface area contributed by atoms with Gasteiger partial charge >= 0.3 is 0 Å². The van der Waals surface area contributed by atoms with E-state index in [0.29, 0.717) is 0 Å². The summed E-state index contributed by atoms with van der Waals surface area (Å²) in [4.78, 5) is 17.3. The highest BCUT2D eigenvalue weighted by Gasteiger charge is 2.26. The van der Waals surface area contributed by atoms with Gasteiger partial charge in [0, 0.05) is 29.8 Å². The van der Waals surface area contributed by atoms with Gasteiger partial charge in [0.25, 0.3) is 0 Å². The summed E-state index contributed by atoms with van der Waals surface area (Å²) >= 11 is 1.61. The number of ether oxygens (including phenoxy) is 1. The van der Waals surface area contributed by atoms with Gasteiger partial charge in [-0.1, -0.05) is 0 Å². The highest BCUT2D eigenvalue weighted by atomic mass is 32.1. The van der Waals surface area contributed by atoms with Crippen LogP contribution >= 0.6 is 11.3 Å². The van der Waals surface area contributed by atoms with Crippen molar-refractivity contribution < 1.29 is 14.4 Å². The minimum Gasteiger partial charge on any atom is -0.497 e. The van der Waals surface area contributed by atoms with E-state index >= 15 is 0 Å². The molecule has 2 heterocycles. The Morgan fingerprint density at radius 2 is 2.08 bits per heavy atom. The molecule has 1 aromatic carbocycles. The van der Waals surface area contributed by atoms with Gasteiger partial charge in [0.1, 0.15) is 18.0 Å². The molecule has 1 saturated heterocycles. The number of hydrogen-bond donors (Lipinski definition) is 3. The number of methoxy groups -OCH3 is 1. The van der Waals surface area contributed by atoms with Gasteiger partial charge in [-0.15, -0.1) is 11.3 Å². The molecule has 0 unspecified atom stereocenters. The topological polar surface area (TPSA) is 81.7 Å². The maximum Gasteiger partial charge on any atom is 0.220 e. The van der Waals surface area contributed by atoms with E-state index in [1.807, 2.05) is 24.3 Å². The van der Waals surface area contributed by atoms with Crippen LogP contribution in [-0.2, 0) is 11.3 Å². The van der Waals surface area contributed by atoms with Crippen LogP contribution in [0.5, 0.6) is 5.75 Å². The third-order valence-electron chi connectivity index (χ3n) is 4.42. The summed E-state index contributed by atoms with van der Waals surface area (Å²) in [6, 6.07) is 7.79. The highest BCUT2D eigenvalue weighted by Crippen LogP contribution is 2.22. The molecule has 24 heavy (non-hydrogen) atoms. The molecule has 0 spiro atoms. The summed E-state index contributed by atoms with van der Waals surface area (Å²) < 4.78 is 5.16. The van der Waals surface area contributed by atoms with Gasteiger partial charge in [0.15, 0.2) is 5.13 Å². The Balaban J connectivity index is 1.53. The lowest BCUT2D eigenvalue weighted by Crippen LogP contribution is -3.11. The molecule has 7 heteroatoms. The number of nitrogens with one attached hydrogen (secondary N) is 2. The fourth-order valence-electron chi connectivity index (χ4n) is 2.99. The van der Waals surface area contributed by atoms with Crippen molar-refractivity contribution in [3.63, 3.8) is 0 Å². The molecule has 0 aliphatic carbocycles. The lowest BCUT2D eigenvalue weighted by molar-refractivity contribution is -0.919. The number of thiazole rings is 1. The van der Waals surface area contributed by atoms with Crippen molar-refractivity contribution in [2.24, 2.45) is 11.7 Å². The minimum atomic E-state index is -0.159. The van der Waals surface area contributed by atoms with Gasteiger partial charge in [0.05, 0.1) is 20.2 Å². The number of piperidine rings is 1. The maximum atomic E-state index is 11.2. The van der Waals surface area contributed by atoms with Crippen LogP contribution in [0, 0.1) is 5.92 Å². The Labute approximate surface area is 145 Å². The predicted molar refractivity (Wildman–Crippen MR) is 94.7 cm³/mol. The molecule has 128 valence electrons. The van der Waals surface area contributed by atoms with Crippen molar-refractivity contribution in [2.75, 3.05) is 25.5 Å². The quantitative estimate of drug-likeness (QED) is 0.733. The van der Waals surface area contributed by atoms with Gasteiger partial charge in [-0.3, -0.25) is 4.79 Å². The molecular formula is C17H23N4O2S+. The summed E-state index contributed by atoms with van der Waals surface area (Å²) in [5.74, 6) is 0.730. The smallest absolute Gasteiger partial charge is 0.220 e. The van der Waals surface area contributed by atoms with Gasteiger partial charge in [0.2, 0.25) is 5.91 Å². The Kier molecular flexibility index (Phi) is 5.32. The molecule has 1 aliphatic rings. The number of carbonyl (C=O) groups excluding carboxylic acids is 1. The summed E-state index contributed by atoms with van der Waals surface area (Å²) in [5, 5.41) is 6.30. The zero-order valence-electron chi connectivity index (χ0n) is 13.7. The Hall–Kier alpha value is -2.12. The van der Waals surface area contributed by atoms with Crippen LogP contribution < -0.4 is 20.7 Å². The first-order valence-corrected chi connectivity index (χ1v) is 9.00. The number of nitrogens with two attached hydrogens (primary N) is 1. The third-order valence-corrected chi connectivity index (χ3v) is 5.23. The van der Waals surface area contributed by atoms with Crippen molar-refractivity contribution in [1.82, 2.24) is 4.98 Å². The summed E-state index contributed by atoms with van der Waals surface area (Å²) in [7, 11) is 1.66. The van der Waals surface area contributed by atoms with Crippen LogP contribution in [0.3, 0.4) is 0 Å². The van der Waals surface area contributed by atoms with Gasteiger partial charge in [-0.05, 0) is 24.3 Å². The van der Waals surface area contributed by atoms with Crippen LogP contribution in [-0.4, -0.2) is 31.1 Å². The molecule has 1 aliphatic heterocycles. The van der Waals surface area contributed by atoms with Crippen LogP contribution in [0.4, 0.5) is 10.8 Å². The number of amides is 1. The largest absolute Gasteiger partial charge is 0.497 e. The first-order chi connectivity index (χ1) is 11.6. The fraction of sp³-hybridized carbons (Fsp3) is 0.412. The van der Waals surface area contributed by atoms with Gasteiger partial charge in [-0.2, -0.15) is 0 Å². The van der Waals surface area contributed by atoms with Crippen molar-refractivity contribution in [3.05, 3.63) is 35.3 Å². The zero-order valence-corrected chi connectivity index (χ0v) is 14.6. The average molecular weight is 347 g/mol.